The van der Waals surface area contributed by atoms with Gasteiger partial charge in [0.1, 0.15) is 17.7 Å². The van der Waals surface area contributed by atoms with Gasteiger partial charge in [0.2, 0.25) is 5.91 Å². The molecule has 0 spiro atoms. The summed E-state index contributed by atoms with van der Waals surface area (Å²) in [5.74, 6) is 0.176. The van der Waals surface area contributed by atoms with Gasteiger partial charge in [0, 0.05) is 5.56 Å². The van der Waals surface area contributed by atoms with Crippen LogP contribution in [0, 0.1) is 5.92 Å². The average Bonchev–Trinajstić information content (AvgIpc) is 3.98. The van der Waals surface area contributed by atoms with E-state index in [0.29, 0.717) is 25.1 Å². The van der Waals surface area contributed by atoms with Gasteiger partial charge in [-0.05, 0) is 71.8 Å². The van der Waals surface area contributed by atoms with Crippen LogP contribution in [0.4, 0.5) is 4.79 Å². The number of hydrogen-bond acceptors (Lipinski definition) is 8. The third-order valence-electron chi connectivity index (χ3n) is 9.71. The predicted molar refractivity (Wildman–Crippen MR) is 194 cm³/mol. The van der Waals surface area contributed by atoms with Gasteiger partial charge in [0.05, 0.1) is 63.2 Å². The molecule has 51 heavy (non-hydrogen) atoms. The number of fused-ring (bicyclic) bond motifs is 1. The lowest BCUT2D eigenvalue weighted by Crippen LogP contribution is -2.54. The Morgan fingerprint density at radius 1 is 0.922 bits per heavy atom. The van der Waals surface area contributed by atoms with Gasteiger partial charge in [0.25, 0.3) is 0 Å². The number of aromatic nitrogens is 4. The fourth-order valence-corrected chi connectivity index (χ4v) is 6.89. The molecule has 2 atom stereocenters. The van der Waals surface area contributed by atoms with Crippen LogP contribution in [0.25, 0.3) is 44.4 Å². The first-order valence-corrected chi connectivity index (χ1v) is 17.6. The lowest BCUT2D eigenvalue weighted by molar-refractivity contribution is -0.169. The number of amides is 2. The van der Waals surface area contributed by atoms with E-state index in [1.807, 2.05) is 27.0 Å². The van der Waals surface area contributed by atoms with Crippen LogP contribution in [0.2, 0.25) is 0 Å². The van der Waals surface area contributed by atoms with E-state index >= 15 is 0 Å². The molecule has 2 fully saturated rings. The summed E-state index contributed by atoms with van der Waals surface area (Å²) < 4.78 is 16.4. The van der Waals surface area contributed by atoms with Crippen LogP contribution in [0.3, 0.4) is 0 Å². The van der Waals surface area contributed by atoms with Crippen molar-refractivity contribution in [3.05, 3.63) is 84.7 Å². The minimum atomic E-state index is -0.965. The van der Waals surface area contributed by atoms with E-state index in [1.54, 1.807) is 11.1 Å². The highest BCUT2D eigenvalue weighted by Crippen LogP contribution is 2.31. The van der Waals surface area contributed by atoms with Gasteiger partial charge < -0.3 is 39.7 Å². The summed E-state index contributed by atoms with van der Waals surface area (Å²) in [5, 5.41) is 8.41. The number of ether oxygens (including phenoxy) is 3. The maximum atomic E-state index is 13.8. The smallest absolute Gasteiger partial charge is 0.407 e. The molecule has 2 aliphatic heterocycles. The minimum Gasteiger partial charge on any atom is -0.453 e. The van der Waals surface area contributed by atoms with Crippen molar-refractivity contribution >= 4 is 22.8 Å². The molecule has 4 heterocycles. The van der Waals surface area contributed by atoms with Crippen molar-refractivity contribution in [3.63, 3.8) is 0 Å². The molecule has 12 heteroatoms. The molecule has 2 unspecified atom stereocenters. The van der Waals surface area contributed by atoms with E-state index in [-0.39, 0.29) is 24.9 Å². The molecule has 7 rings (SSSR count). The summed E-state index contributed by atoms with van der Waals surface area (Å²) in [5.41, 5.74) is 6.23. The number of rotatable bonds is 11. The number of benzene rings is 3. The Bertz CT molecular complexity index is 1990. The topological polar surface area (TPSA) is 146 Å². The van der Waals surface area contributed by atoms with Crippen molar-refractivity contribution < 1.29 is 23.8 Å². The second-order valence-electron chi connectivity index (χ2n) is 13.8. The van der Waals surface area contributed by atoms with E-state index in [1.165, 1.54) is 13.5 Å². The number of carbonyl (C=O) groups is 2. The van der Waals surface area contributed by atoms with Crippen LogP contribution in [-0.2, 0) is 25.5 Å². The number of nitrogens with zero attached hydrogens (tertiary/aromatic N) is 3. The Kier molecular flexibility index (Phi) is 9.90. The quantitative estimate of drug-likeness (QED) is 0.128. The minimum absolute atomic E-state index is 0.164. The zero-order chi connectivity index (χ0) is 35.5. The maximum absolute atomic E-state index is 13.8. The summed E-state index contributed by atoms with van der Waals surface area (Å²) in [6.07, 6.45) is 5.32. The standard InChI is InChI=1S/C39H45N7O5/c1-24(2)35(45-38(48)49-4)37(47)46(23-39(3)50-16-17-51-39)22-34-41-20-33(43-34)30-14-13-28-18-27(11-12-29(28)19-30)25-7-9-26(10-8-25)32-21-42-36(44-32)31-6-5-15-40-31/h7-14,18-21,24,31,35,40H,5-6,15-17,22-23H2,1-4H3,(H,41,43)(H,42,44)(H,45,48). The predicted octanol–water partition coefficient (Wildman–Crippen LogP) is 6.18. The van der Waals surface area contributed by atoms with Gasteiger partial charge in [-0.25, -0.2) is 14.8 Å². The second kappa shape index (κ2) is 14.7. The van der Waals surface area contributed by atoms with E-state index in [0.717, 1.165) is 63.2 Å². The number of carbonyl (C=O) groups excluding carboxylic acids is 2. The van der Waals surface area contributed by atoms with Crippen LogP contribution in [-0.4, -0.2) is 82.1 Å². The number of methoxy groups -OCH3 is 1. The third kappa shape index (κ3) is 7.68. The Balaban J connectivity index is 1.06. The van der Waals surface area contributed by atoms with Crippen LogP contribution >= 0.6 is 0 Å². The molecule has 2 saturated heterocycles. The summed E-state index contributed by atoms with van der Waals surface area (Å²) in [6.45, 7) is 7.82. The average molecular weight is 692 g/mol. The monoisotopic (exact) mass is 691 g/mol. The maximum Gasteiger partial charge on any atom is 0.407 e. The molecule has 2 amide bonds. The van der Waals surface area contributed by atoms with Gasteiger partial charge in [0.15, 0.2) is 5.79 Å². The number of imidazole rings is 2. The van der Waals surface area contributed by atoms with Crippen LogP contribution in [0.5, 0.6) is 0 Å². The van der Waals surface area contributed by atoms with Gasteiger partial charge >= 0.3 is 6.09 Å². The number of hydrogen-bond donors (Lipinski definition) is 4. The molecule has 12 nitrogen and oxygen atoms in total. The highest BCUT2D eigenvalue weighted by atomic mass is 16.7. The molecule has 0 saturated carbocycles. The lowest BCUT2D eigenvalue weighted by Gasteiger charge is -2.34. The van der Waals surface area contributed by atoms with Gasteiger partial charge in [-0.1, -0.05) is 62.4 Å². The first kappa shape index (κ1) is 34.4. The largest absolute Gasteiger partial charge is 0.453 e. The molecule has 2 aromatic heterocycles. The van der Waals surface area contributed by atoms with E-state index in [4.69, 9.17) is 14.2 Å². The number of H-pyrrole nitrogens is 2. The van der Waals surface area contributed by atoms with Crippen molar-refractivity contribution in [2.24, 2.45) is 5.92 Å². The summed E-state index contributed by atoms with van der Waals surface area (Å²) >= 11 is 0. The van der Waals surface area contributed by atoms with Crippen molar-refractivity contribution in [3.8, 4) is 33.6 Å². The second-order valence-corrected chi connectivity index (χ2v) is 13.8. The van der Waals surface area contributed by atoms with E-state index in [9.17, 15) is 9.59 Å². The number of aromatic amines is 2. The molecule has 0 radical (unpaired) electrons. The Morgan fingerprint density at radius 3 is 2.25 bits per heavy atom. The highest BCUT2D eigenvalue weighted by Gasteiger charge is 2.38. The number of nitrogens with one attached hydrogen (secondary N) is 4. The third-order valence-corrected chi connectivity index (χ3v) is 9.71. The molecular formula is C39H45N7O5. The Hall–Kier alpha value is -5.04. The summed E-state index contributed by atoms with van der Waals surface area (Å²) in [4.78, 5) is 43.7. The first-order valence-electron chi connectivity index (χ1n) is 17.6. The van der Waals surface area contributed by atoms with Crippen molar-refractivity contribution in [2.75, 3.05) is 33.4 Å². The fourth-order valence-electron chi connectivity index (χ4n) is 6.89. The molecule has 2 aliphatic rings. The van der Waals surface area contributed by atoms with Crippen LogP contribution < -0.4 is 10.6 Å². The van der Waals surface area contributed by atoms with E-state index < -0.39 is 17.9 Å². The van der Waals surface area contributed by atoms with Gasteiger partial charge in [-0.3, -0.25) is 4.79 Å². The summed E-state index contributed by atoms with van der Waals surface area (Å²) in [6, 6.07) is 20.9. The number of alkyl carbamates (subject to hydrolysis) is 1. The molecular weight excluding hydrogens is 646 g/mol. The first-order chi connectivity index (χ1) is 24.7. The Labute approximate surface area is 297 Å². The zero-order valence-corrected chi connectivity index (χ0v) is 29.5. The van der Waals surface area contributed by atoms with Crippen molar-refractivity contribution in [1.29, 1.82) is 0 Å². The Morgan fingerprint density at radius 2 is 1.57 bits per heavy atom. The van der Waals surface area contributed by atoms with Gasteiger partial charge in [-0.2, -0.15) is 0 Å². The lowest BCUT2D eigenvalue weighted by atomic mass is 9.98. The van der Waals surface area contributed by atoms with Gasteiger partial charge in [-0.15, -0.1) is 0 Å². The molecule has 0 bridgehead atoms. The highest BCUT2D eigenvalue weighted by molar-refractivity contribution is 5.90. The molecule has 4 N–H and O–H groups in total. The van der Waals surface area contributed by atoms with Crippen molar-refractivity contribution in [1.82, 2.24) is 35.5 Å². The molecule has 3 aromatic carbocycles. The molecule has 266 valence electrons. The molecule has 5 aromatic rings. The SMILES string of the molecule is COC(=O)NC(C(=O)N(Cc1ncc(-c2ccc3cc(-c4ccc(-c5cnc(C6CCCN6)[nH]5)cc4)ccc3c2)[nH]1)CC1(C)OCCO1)C(C)C. The zero-order valence-electron chi connectivity index (χ0n) is 29.5. The van der Waals surface area contributed by atoms with Crippen molar-refractivity contribution in [2.45, 2.75) is 58.0 Å². The molecule has 0 aliphatic carbocycles. The fraction of sp³-hybridized carbons (Fsp3) is 0.385. The summed E-state index contributed by atoms with van der Waals surface area (Å²) in [7, 11) is 1.28. The van der Waals surface area contributed by atoms with Crippen LogP contribution in [0.15, 0.2) is 73.1 Å². The normalized spacial score (nSPS) is 17.5. The van der Waals surface area contributed by atoms with Crippen LogP contribution in [0.1, 0.15) is 51.3 Å². The van der Waals surface area contributed by atoms with E-state index in [2.05, 4.69) is 91.2 Å².